The van der Waals surface area contributed by atoms with Crippen molar-refractivity contribution in [2.24, 2.45) is 0 Å². The van der Waals surface area contributed by atoms with Crippen molar-refractivity contribution in [1.29, 1.82) is 0 Å². The summed E-state index contributed by atoms with van der Waals surface area (Å²) in [4.78, 5) is 5.44. The molecule has 0 bridgehead atoms. The van der Waals surface area contributed by atoms with Gasteiger partial charge in [-0.2, -0.15) is 0 Å². The number of allylic oxidation sites excluding steroid dienone is 2. The third-order valence-corrected chi connectivity index (χ3v) is 33.2. The van der Waals surface area contributed by atoms with Crippen molar-refractivity contribution in [2.45, 2.75) is 75.9 Å². The van der Waals surface area contributed by atoms with Crippen LogP contribution in [0.4, 0.5) is 0 Å². The molecule has 1 aliphatic rings. The molecule has 0 aromatic carbocycles. The Hall–Kier alpha value is 0.777. The average Bonchev–Trinajstić information content (AvgIpc) is 2.58. The summed E-state index contributed by atoms with van der Waals surface area (Å²) in [5, 5.41) is 0. The first-order chi connectivity index (χ1) is 9.23. The van der Waals surface area contributed by atoms with Crippen molar-refractivity contribution < 1.29 is 0 Å². The maximum absolute atomic E-state index is 2.72. The monoisotopic (exact) mass is 412 g/mol. The summed E-state index contributed by atoms with van der Waals surface area (Å²) < 4.78 is 4.12. The molecule has 0 amide bonds. The van der Waals surface area contributed by atoms with E-state index in [1.165, 1.54) is 19.1 Å². The van der Waals surface area contributed by atoms with Crippen molar-refractivity contribution >= 4 is 42.7 Å². The Morgan fingerprint density at radius 1 is 0.850 bits per heavy atom. The fourth-order valence-electron chi connectivity index (χ4n) is 4.46. The Labute approximate surface area is 135 Å². The summed E-state index contributed by atoms with van der Waals surface area (Å²) in [6.45, 7) is 18.2. The van der Waals surface area contributed by atoms with Gasteiger partial charge in [0.15, 0.2) is 0 Å². The molecule has 1 heterocycles. The van der Waals surface area contributed by atoms with Gasteiger partial charge < -0.3 is 0 Å². The molecule has 0 unspecified atom stereocenters. The number of hydrogen-bond donors (Lipinski definition) is 0. The van der Waals surface area contributed by atoms with Crippen LogP contribution in [0.2, 0.25) is 48.7 Å². The van der Waals surface area contributed by atoms with Crippen LogP contribution in [0.3, 0.4) is 0 Å². The molecule has 0 aromatic rings. The Balaban J connectivity index is 3.59. The molecule has 20 heavy (non-hydrogen) atoms. The van der Waals surface area contributed by atoms with E-state index in [1.807, 2.05) is 11.0 Å². The van der Waals surface area contributed by atoms with Gasteiger partial charge in [0.2, 0.25) is 0 Å². The Morgan fingerprint density at radius 3 is 1.60 bits per heavy atom. The molecular weight excluding hydrogens is 378 g/mol. The summed E-state index contributed by atoms with van der Waals surface area (Å²) in [7, 11) is -0.570. The van der Waals surface area contributed by atoms with Gasteiger partial charge in [0, 0.05) is 0 Å². The van der Waals surface area contributed by atoms with Crippen LogP contribution < -0.4 is 0 Å². The fraction of sp³-hybridized carbons (Fsp3) is 0.750. The first-order valence-electron chi connectivity index (χ1n) is 8.33. The van der Waals surface area contributed by atoms with Gasteiger partial charge in [-0.15, -0.1) is 0 Å². The first kappa shape index (κ1) is 18.8. The summed E-state index contributed by atoms with van der Waals surface area (Å²) in [5.41, 5.74) is 3.76. The Bertz CT molecular complexity index is 418. The summed E-state index contributed by atoms with van der Waals surface area (Å²) >= 11 is -2.17. The second-order valence-corrected chi connectivity index (χ2v) is 27.1. The normalized spacial score (nSPS) is 18.8. The minimum atomic E-state index is -2.17. The molecule has 0 fully saturated rings. The Morgan fingerprint density at radius 2 is 1.30 bits per heavy atom. The standard InChI is InChI=1S/C14H27BSi2.2CH3.Sn/c1-8-13(11-16(4)5)14(12-17(6)7)15(9-2)10-3;;;/h8-10H2,1-7H3;2*1H3;. The fourth-order valence-corrected chi connectivity index (χ4v) is 39.4. The number of hydrogen-bond acceptors (Lipinski definition) is 0. The summed E-state index contributed by atoms with van der Waals surface area (Å²) in [6, 6.07) is 0. The molecule has 0 aromatic heterocycles. The SMILES string of the molecule is CCB(CC)C1=[C]([Si](C)C)[Sn]([CH3])([CH3])[C]([Si](C)C)=C1CC. The van der Waals surface area contributed by atoms with Gasteiger partial charge in [-0.3, -0.25) is 0 Å². The predicted octanol–water partition coefficient (Wildman–Crippen LogP) is 5.45. The van der Waals surface area contributed by atoms with Gasteiger partial charge in [-0.05, 0) is 0 Å². The van der Waals surface area contributed by atoms with Crippen molar-refractivity contribution in [1.82, 2.24) is 0 Å². The first-order valence-corrected chi connectivity index (χ1v) is 21.9. The van der Waals surface area contributed by atoms with Crippen LogP contribution in [0.15, 0.2) is 17.5 Å². The van der Waals surface area contributed by atoms with Crippen LogP contribution in [0.25, 0.3) is 0 Å². The van der Waals surface area contributed by atoms with E-state index in [0.29, 0.717) is 0 Å². The molecule has 0 saturated carbocycles. The molecule has 4 heteroatoms. The molecule has 0 aliphatic carbocycles. The third kappa shape index (κ3) is 3.24. The Kier molecular flexibility index (Phi) is 6.93. The predicted molar refractivity (Wildman–Crippen MR) is 104 cm³/mol. The van der Waals surface area contributed by atoms with Crippen LogP contribution in [-0.4, -0.2) is 42.7 Å². The second-order valence-electron chi connectivity index (χ2n) is 7.13. The molecule has 1 aliphatic heterocycles. The zero-order valence-electron chi connectivity index (χ0n) is 15.2. The van der Waals surface area contributed by atoms with Gasteiger partial charge in [0.05, 0.1) is 0 Å². The van der Waals surface area contributed by atoms with Gasteiger partial charge in [-0.25, -0.2) is 0 Å². The third-order valence-electron chi connectivity index (χ3n) is 4.89. The van der Waals surface area contributed by atoms with Gasteiger partial charge in [-0.1, -0.05) is 0 Å². The van der Waals surface area contributed by atoms with Crippen molar-refractivity contribution in [3.05, 3.63) is 17.5 Å². The van der Waals surface area contributed by atoms with Crippen molar-refractivity contribution in [2.75, 3.05) is 0 Å². The van der Waals surface area contributed by atoms with Gasteiger partial charge >= 0.3 is 136 Å². The van der Waals surface area contributed by atoms with E-state index in [1.54, 1.807) is 0 Å². The summed E-state index contributed by atoms with van der Waals surface area (Å²) in [6.07, 6.45) is 3.95. The molecule has 1 rings (SSSR count). The quantitative estimate of drug-likeness (QED) is 0.510. The molecular formula is C16H33BSi2Sn. The molecule has 0 nitrogen and oxygen atoms in total. The molecule has 2 radical (unpaired) electrons. The van der Waals surface area contributed by atoms with Crippen LogP contribution in [0, 0.1) is 0 Å². The molecule has 0 saturated heterocycles. The van der Waals surface area contributed by atoms with E-state index in [-0.39, 0.29) is 17.6 Å². The van der Waals surface area contributed by atoms with Gasteiger partial charge in [0.1, 0.15) is 0 Å². The maximum atomic E-state index is 2.72. The summed E-state index contributed by atoms with van der Waals surface area (Å²) in [5.74, 6) is 0. The minimum absolute atomic E-state index is 0.279. The zero-order valence-corrected chi connectivity index (χ0v) is 20.1. The molecule has 112 valence electrons. The van der Waals surface area contributed by atoms with E-state index in [0.717, 1.165) is 6.71 Å². The van der Waals surface area contributed by atoms with Crippen molar-refractivity contribution in [3.63, 3.8) is 0 Å². The van der Waals surface area contributed by atoms with E-state index >= 15 is 0 Å². The average molecular weight is 411 g/mol. The molecule has 0 atom stereocenters. The van der Waals surface area contributed by atoms with Crippen LogP contribution in [-0.2, 0) is 0 Å². The zero-order chi connectivity index (χ0) is 15.7. The topological polar surface area (TPSA) is 0 Å². The molecule has 0 N–H and O–H groups in total. The van der Waals surface area contributed by atoms with E-state index in [4.69, 9.17) is 0 Å². The van der Waals surface area contributed by atoms with Crippen LogP contribution in [0.1, 0.15) is 27.2 Å². The number of rotatable bonds is 6. The van der Waals surface area contributed by atoms with E-state index < -0.39 is 18.4 Å². The van der Waals surface area contributed by atoms with Crippen LogP contribution in [0.5, 0.6) is 0 Å². The van der Waals surface area contributed by atoms with Crippen molar-refractivity contribution in [3.8, 4) is 0 Å². The van der Waals surface area contributed by atoms with E-state index in [2.05, 4.69) is 63.3 Å². The molecule has 0 spiro atoms. The van der Waals surface area contributed by atoms with E-state index in [9.17, 15) is 0 Å². The second kappa shape index (κ2) is 7.36. The van der Waals surface area contributed by atoms with Crippen LogP contribution >= 0.6 is 0 Å². The van der Waals surface area contributed by atoms with Gasteiger partial charge in [0.25, 0.3) is 0 Å².